The predicted octanol–water partition coefficient (Wildman–Crippen LogP) is 2.77. The van der Waals surface area contributed by atoms with Crippen molar-refractivity contribution in [2.24, 2.45) is 5.92 Å². The molecule has 0 aliphatic heterocycles. The van der Waals surface area contributed by atoms with E-state index in [-0.39, 0.29) is 31.1 Å². The molecule has 0 heterocycles. The smallest absolute Gasteiger partial charge is 0.258 e. The van der Waals surface area contributed by atoms with Gasteiger partial charge in [0, 0.05) is 12.6 Å². The Labute approximate surface area is 139 Å². The van der Waals surface area contributed by atoms with Crippen LogP contribution in [0, 0.1) is 5.92 Å². The fraction of sp³-hybridized carbons (Fsp3) is 0.611. The van der Waals surface area contributed by atoms with Crippen molar-refractivity contribution in [3.63, 3.8) is 0 Å². The van der Waals surface area contributed by atoms with Crippen LogP contribution in [0.4, 0.5) is 0 Å². The average Bonchev–Trinajstić information content (AvgIpc) is 2.58. The number of aliphatic hydroxyl groups is 1. The number of hydrogen-bond acceptors (Lipinski definition) is 4. The molecule has 2 N–H and O–H groups in total. The van der Waals surface area contributed by atoms with Crippen LogP contribution in [-0.2, 0) is 4.79 Å². The molecule has 0 unspecified atom stereocenters. The Hall–Kier alpha value is -1.75. The summed E-state index contributed by atoms with van der Waals surface area (Å²) in [5.41, 5.74) is 0. The van der Waals surface area contributed by atoms with Gasteiger partial charge in [-0.25, -0.2) is 0 Å². The van der Waals surface area contributed by atoms with Crippen molar-refractivity contribution in [1.82, 2.24) is 5.32 Å². The fourth-order valence-electron chi connectivity index (χ4n) is 2.16. The first-order valence-corrected chi connectivity index (χ1v) is 8.34. The van der Waals surface area contributed by atoms with Gasteiger partial charge in [0.25, 0.3) is 5.91 Å². The molecule has 0 aliphatic carbocycles. The van der Waals surface area contributed by atoms with Crippen molar-refractivity contribution >= 4 is 5.91 Å². The Morgan fingerprint density at radius 2 is 1.78 bits per heavy atom. The van der Waals surface area contributed by atoms with Crippen LogP contribution in [0.1, 0.15) is 40.0 Å². The second kappa shape index (κ2) is 10.9. The van der Waals surface area contributed by atoms with E-state index < -0.39 is 0 Å². The van der Waals surface area contributed by atoms with Crippen molar-refractivity contribution in [2.45, 2.75) is 46.1 Å². The van der Waals surface area contributed by atoms with Gasteiger partial charge >= 0.3 is 0 Å². The summed E-state index contributed by atoms with van der Waals surface area (Å²) in [5, 5.41) is 12.0. The monoisotopic (exact) mass is 323 g/mol. The minimum absolute atomic E-state index is 0.0147. The molecule has 1 aromatic rings. The topological polar surface area (TPSA) is 67.8 Å². The molecule has 0 saturated heterocycles. The molecule has 1 amide bonds. The van der Waals surface area contributed by atoms with Crippen molar-refractivity contribution in [1.29, 1.82) is 0 Å². The third kappa shape index (κ3) is 7.88. The lowest BCUT2D eigenvalue weighted by atomic mass is 10.0. The van der Waals surface area contributed by atoms with Crippen LogP contribution in [-0.4, -0.2) is 36.9 Å². The van der Waals surface area contributed by atoms with Gasteiger partial charge in [-0.3, -0.25) is 4.79 Å². The standard InChI is InChI=1S/C18H29NO4/c1-4-10-22-16-6-8-17(9-7-16)23-13-18(21)19-15(5-2)11-14(3)12-20/h6-9,14-15,20H,4-5,10-13H2,1-3H3,(H,19,21)/t14-,15-/m0/s1. The maximum Gasteiger partial charge on any atom is 0.258 e. The zero-order valence-electron chi connectivity index (χ0n) is 14.4. The highest BCUT2D eigenvalue weighted by Crippen LogP contribution is 2.17. The highest BCUT2D eigenvalue weighted by Gasteiger charge is 2.14. The lowest BCUT2D eigenvalue weighted by Crippen LogP contribution is -2.38. The molecule has 5 nitrogen and oxygen atoms in total. The maximum atomic E-state index is 11.9. The van der Waals surface area contributed by atoms with E-state index in [4.69, 9.17) is 14.6 Å². The van der Waals surface area contributed by atoms with Gasteiger partial charge in [0.05, 0.1) is 6.61 Å². The van der Waals surface area contributed by atoms with Gasteiger partial charge in [-0.1, -0.05) is 20.8 Å². The maximum absolute atomic E-state index is 11.9. The van der Waals surface area contributed by atoms with Crippen molar-refractivity contribution < 1.29 is 19.4 Å². The third-order valence-electron chi connectivity index (χ3n) is 3.52. The van der Waals surface area contributed by atoms with Gasteiger partial charge in [-0.15, -0.1) is 0 Å². The molecule has 23 heavy (non-hydrogen) atoms. The van der Waals surface area contributed by atoms with E-state index in [1.54, 1.807) is 12.1 Å². The third-order valence-corrected chi connectivity index (χ3v) is 3.52. The number of hydrogen-bond donors (Lipinski definition) is 2. The van der Waals surface area contributed by atoms with Crippen LogP contribution >= 0.6 is 0 Å². The Balaban J connectivity index is 2.37. The van der Waals surface area contributed by atoms with Gasteiger partial charge in [0.2, 0.25) is 0 Å². The molecule has 130 valence electrons. The highest BCUT2D eigenvalue weighted by atomic mass is 16.5. The Morgan fingerprint density at radius 3 is 2.30 bits per heavy atom. The molecule has 0 aromatic heterocycles. The molecule has 5 heteroatoms. The molecule has 0 bridgehead atoms. The van der Waals surface area contributed by atoms with Crippen LogP contribution in [0.15, 0.2) is 24.3 Å². The second-order valence-electron chi connectivity index (χ2n) is 5.80. The molecular formula is C18H29NO4. The Morgan fingerprint density at radius 1 is 1.17 bits per heavy atom. The van der Waals surface area contributed by atoms with Crippen LogP contribution < -0.4 is 14.8 Å². The summed E-state index contributed by atoms with van der Waals surface area (Å²) in [6, 6.07) is 7.33. The first-order chi connectivity index (χ1) is 11.1. The number of ether oxygens (including phenoxy) is 2. The lowest BCUT2D eigenvalue weighted by Gasteiger charge is -2.20. The van der Waals surface area contributed by atoms with E-state index in [9.17, 15) is 4.79 Å². The van der Waals surface area contributed by atoms with E-state index in [0.717, 1.165) is 25.0 Å². The SMILES string of the molecule is CCCOc1ccc(OCC(=O)N[C@@H](CC)C[C@H](C)CO)cc1. The Kier molecular flexibility index (Phi) is 9.14. The fourth-order valence-corrected chi connectivity index (χ4v) is 2.16. The minimum Gasteiger partial charge on any atom is -0.494 e. The van der Waals surface area contributed by atoms with Gasteiger partial charge in [-0.05, 0) is 49.4 Å². The van der Waals surface area contributed by atoms with Crippen molar-refractivity contribution in [3.05, 3.63) is 24.3 Å². The molecule has 0 saturated carbocycles. The van der Waals surface area contributed by atoms with E-state index >= 15 is 0 Å². The summed E-state index contributed by atoms with van der Waals surface area (Å²) in [6.07, 6.45) is 2.56. The summed E-state index contributed by atoms with van der Waals surface area (Å²) in [5.74, 6) is 1.47. The average molecular weight is 323 g/mol. The van der Waals surface area contributed by atoms with Gasteiger partial charge < -0.3 is 19.9 Å². The first kappa shape index (κ1) is 19.3. The number of nitrogens with one attached hydrogen (secondary N) is 1. The molecular weight excluding hydrogens is 294 g/mol. The van der Waals surface area contributed by atoms with Crippen molar-refractivity contribution in [2.75, 3.05) is 19.8 Å². The number of carbonyl (C=O) groups is 1. The van der Waals surface area contributed by atoms with E-state index in [2.05, 4.69) is 12.2 Å². The summed E-state index contributed by atoms with van der Waals surface area (Å²) >= 11 is 0. The number of amides is 1. The van der Waals surface area contributed by atoms with Crippen LogP contribution in [0.5, 0.6) is 11.5 Å². The number of carbonyl (C=O) groups excluding carboxylic acids is 1. The second-order valence-corrected chi connectivity index (χ2v) is 5.80. The summed E-state index contributed by atoms with van der Waals surface area (Å²) in [6.45, 7) is 6.85. The van der Waals surface area contributed by atoms with Gasteiger partial charge in [0.15, 0.2) is 6.61 Å². The molecule has 0 fully saturated rings. The Bertz CT molecular complexity index is 447. The summed E-state index contributed by atoms with van der Waals surface area (Å²) in [4.78, 5) is 11.9. The zero-order chi connectivity index (χ0) is 17.1. The van der Waals surface area contributed by atoms with E-state index in [0.29, 0.717) is 12.4 Å². The molecule has 0 spiro atoms. The zero-order valence-corrected chi connectivity index (χ0v) is 14.4. The quantitative estimate of drug-likeness (QED) is 0.657. The van der Waals surface area contributed by atoms with Crippen LogP contribution in [0.25, 0.3) is 0 Å². The lowest BCUT2D eigenvalue weighted by molar-refractivity contribution is -0.124. The van der Waals surface area contributed by atoms with Crippen LogP contribution in [0.2, 0.25) is 0 Å². The largest absolute Gasteiger partial charge is 0.494 e. The molecule has 1 rings (SSSR count). The summed E-state index contributed by atoms with van der Waals surface area (Å²) < 4.78 is 11.0. The number of aliphatic hydroxyl groups excluding tert-OH is 1. The number of benzene rings is 1. The summed E-state index contributed by atoms with van der Waals surface area (Å²) in [7, 11) is 0. The first-order valence-electron chi connectivity index (χ1n) is 8.34. The van der Waals surface area contributed by atoms with Gasteiger partial charge in [-0.2, -0.15) is 0 Å². The van der Waals surface area contributed by atoms with Crippen molar-refractivity contribution in [3.8, 4) is 11.5 Å². The van der Waals surface area contributed by atoms with E-state index in [1.165, 1.54) is 0 Å². The minimum atomic E-state index is -0.145. The predicted molar refractivity (Wildman–Crippen MR) is 90.8 cm³/mol. The molecule has 0 aliphatic rings. The molecule has 2 atom stereocenters. The molecule has 0 radical (unpaired) electrons. The highest BCUT2D eigenvalue weighted by molar-refractivity contribution is 5.77. The van der Waals surface area contributed by atoms with E-state index in [1.807, 2.05) is 26.0 Å². The number of rotatable bonds is 11. The normalized spacial score (nSPS) is 13.2. The van der Waals surface area contributed by atoms with Gasteiger partial charge in [0.1, 0.15) is 11.5 Å². The van der Waals surface area contributed by atoms with Crippen LogP contribution in [0.3, 0.4) is 0 Å². The molecule has 1 aromatic carbocycles.